The van der Waals surface area contributed by atoms with Gasteiger partial charge in [-0.3, -0.25) is 9.59 Å². The predicted molar refractivity (Wildman–Crippen MR) is 157 cm³/mol. The van der Waals surface area contributed by atoms with Gasteiger partial charge in [0.25, 0.3) is 0 Å². The Morgan fingerprint density at radius 1 is 0.744 bits per heavy atom. The Hall–Kier alpha value is -5.64. The molecular weight excluding hydrogens is 556 g/mol. The molecule has 1 aliphatic heterocycles. The van der Waals surface area contributed by atoms with E-state index in [0.717, 1.165) is 6.07 Å². The summed E-state index contributed by atoms with van der Waals surface area (Å²) < 4.78 is 28.4. The van der Waals surface area contributed by atoms with Crippen molar-refractivity contribution in [3.63, 3.8) is 0 Å². The number of aromatic hydroxyl groups is 3. The fraction of sp³-hybridized carbons (Fsp3) is 0.152. The molecule has 0 fully saturated rings. The third-order valence-electron chi connectivity index (χ3n) is 7.41. The number of Topliss-reactive ketones (excluding diaryl/α,β-unsaturated/α-hetero) is 1. The summed E-state index contributed by atoms with van der Waals surface area (Å²) in [6.07, 6.45) is -0.832. The van der Waals surface area contributed by atoms with Crippen molar-refractivity contribution in [2.45, 2.75) is 12.5 Å². The lowest BCUT2D eigenvalue weighted by Gasteiger charge is -2.27. The molecule has 6 rings (SSSR count). The lowest BCUT2D eigenvalue weighted by Crippen LogP contribution is -2.20. The highest BCUT2D eigenvalue weighted by atomic mass is 16.5. The van der Waals surface area contributed by atoms with Crippen LogP contribution in [0.1, 0.15) is 28.4 Å². The second-order valence-electron chi connectivity index (χ2n) is 9.91. The molecule has 43 heavy (non-hydrogen) atoms. The number of carbonyl (C=O) groups is 1. The molecule has 1 aromatic heterocycles. The number of benzene rings is 4. The maximum Gasteiger partial charge on any atom is 0.197 e. The summed E-state index contributed by atoms with van der Waals surface area (Å²) in [5.74, 6) is 0.256. The highest BCUT2D eigenvalue weighted by Gasteiger charge is 2.32. The molecule has 0 radical (unpaired) electrons. The number of rotatable bonds is 6. The van der Waals surface area contributed by atoms with E-state index in [2.05, 4.69) is 0 Å². The molecule has 1 atom stereocenters. The number of ketones is 1. The van der Waals surface area contributed by atoms with E-state index in [1.54, 1.807) is 42.5 Å². The predicted octanol–water partition coefficient (Wildman–Crippen LogP) is 5.98. The fourth-order valence-corrected chi connectivity index (χ4v) is 5.30. The molecule has 3 N–H and O–H groups in total. The first-order valence-electron chi connectivity index (χ1n) is 13.2. The van der Waals surface area contributed by atoms with Crippen LogP contribution >= 0.6 is 0 Å². The maximum absolute atomic E-state index is 13.3. The van der Waals surface area contributed by atoms with Gasteiger partial charge in [-0.25, -0.2) is 0 Å². The Kier molecular flexibility index (Phi) is 6.81. The lowest BCUT2D eigenvalue weighted by molar-refractivity contribution is 0.0844. The zero-order chi connectivity index (χ0) is 30.4. The molecule has 10 heteroatoms. The lowest BCUT2D eigenvalue weighted by atomic mass is 9.92. The van der Waals surface area contributed by atoms with E-state index in [-0.39, 0.29) is 57.3 Å². The number of phenolic OH excluding ortho intramolecular Hbond substituents is 3. The van der Waals surface area contributed by atoms with E-state index in [1.165, 1.54) is 39.5 Å². The van der Waals surface area contributed by atoms with Gasteiger partial charge in [0.1, 0.15) is 63.1 Å². The number of carbonyl (C=O) groups excluding carboxylic acids is 1. The molecule has 0 spiro atoms. The number of fused-ring (bicyclic) bond motifs is 2. The first-order valence-corrected chi connectivity index (χ1v) is 13.2. The molecule has 0 bridgehead atoms. The zero-order valence-corrected chi connectivity index (χ0v) is 23.3. The minimum atomic E-state index is -0.761. The average molecular weight is 583 g/mol. The monoisotopic (exact) mass is 582 g/mol. The van der Waals surface area contributed by atoms with Gasteiger partial charge in [0.05, 0.1) is 33.3 Å². The standard InChI is InChI=1S/C33H26O10/c1-39-18-7-4-16(5-8-18)27-15-25(38)32-23(36)13-22(35)30(33(32)43-27)20-10-17(6-9-26(20)41-3)28-14-24(37)31-21(34)11-19(40-2)12-29(31)42-28/h4-13,15,28,34-36H,14H2,1-3H3. The van der Waals surface area contributed by atoms with Crippen molar-refractivity contribution < 1.29 is 43.5 Å². The second-order valence-corrected chi connectivity index (χ2v) is 9.91. The summed E-state index contributed by atoms with van der Waals surface area (Å²) in [5, 5.41) is 32.0. The van der Waals surface area contributed by atoms with E-state index in [9.17, 15) is 24.9 Å². The van der Waals surface area contributed by atoms with Crippen LogP contribution in [-0.4, -0.2) is 42.4 Å². The minimum Gasteiger partial charge on any atom is -0.507 e. The fourth-order valence-electron chi connectivity index (χ4n) is 5.30. The summed E-state index contributed by atoms with van der Waals surface area (Å²) >= 11 is 0. The van der Waals surface area contributed by atoms with Gasteiger partial charge in [-0.1, -0.05) is 6.07 Å². The summed E-state index contributed by atoms with van der Waals surface area (Å²) in [7, 11) is 4.42. The van der Waals surface area contributed by atoms with Crippen LogP contribution in [-0.2, 0) is 0 Å². The normalized spacial score (nSPS) is 14.2. The van der Waals surface area contributed by atoms with Crippen LogP contribution in [0.4, 0.5) is 0 Å². The third-order valence-corrected chi connectivity index (χ3v) is 7.41. The number of ether oxygens (including phenoxy) is 4. The summed E-state index contributed by atoms with van der Waals surface area (Å²) in [6.45, 7) is 0. The Morgan fingerprint density at radius 2 is 1.47 bits per heavy atom. The van der Waals surface area contributed by atoms with Gasteiger partial charge in [-0.05, 0) is 42.0 Å². The molecule has 0 amide bonds. The molecule has 0 aliphatic carbocycles. The number of hydrogen-bond acceptors (Lipinski definition) is 10. The van der Waals surface area contributed by atoms with Gasteiger partial charge in [-0.15, -0.1) is 0 Å². The molecule has 0 saturated heterocycles. The largest absolute Gasteiger partial charge is 0.507 e. The van der Waals surface area contributed by atoms with Gasteiger partial charge in [0.15, 0.2) is 16.8 Å². The summed E-state index contributed by atoms with van der Waals surface area (Å²) in [5.41, 5.74) is 1.03. The Bertz CT molecular complexity index is 1960. The molecule has 218 valence electrons. The van der Waals surface area contributed by atoms with E-state index < -0.39 is 17.3 Å². The van der Waals surface area contributed by atoms with Crippen molar-refractivity contribution in [2.24, 2.45) is 0 Å². The van der Waals surface area contributed by atoms with E-state index in [1.807, 2.05) is 0 Å². The van der Waals surface area contributed by atoms with Crippen LogP contribution in [0.3, 0.4) is 0 Å². The number of methoxy groups -OCH3 is 3. The van der Waals surface area contributed by atoms with Crippen molar-refractivity contribution in [3.05, 3.63) is 88.1 Å². The summed E-state index contributed by atoms with van der Waals surface area (Å²) in [6, 6.07) is 17.1. The Labute approximate surface area is 244 Å². The van der Waals surface area contributed by atoms with Crippen molar-refractivity contribution in [3.8, 4) is 62.7 Å². The van der Waals surface area contributed by atoms with Crippen LogP contribution < -0.4 is 24.4 Å². The number of hydrogen-bond donors (Lipinski definition) is 3. The molecule has 4 aromatic carbocycles. The van der Waals surface area contributed by atoms with Crippen LogP contribution in [0.5, 0.6) is 40.2 Å². The van der Waals surface area contributed by atoms with Gasteiger partial charge in [-0.2, -0.15) is 0 Å². The maximum atomic E-state index is 13.3. The van der Waals surface area contributed by atoms with Crippen LogP contribution in [0.25, 0.3) is 33.4 Å². The van der Waals surface area contributed by atoms with Crippen LogP contribution in [0.15, 0.2) is 75.9 Å². The molecule has 5 aromatic rings. The van der Waals surface area contributed by atoms with Crippen LogP contribution in [0, 0.1) is 0 Å². The van der Waals surface area contributed by atoms with Crippen molar-refractivity contribution >= 4 is 16.8 Å². The zero-order valence-electron chi connectivity index (χ0n) is 23.3. The highest BCUT2D eigenvalue weighted by molar-refractivity contribution is 6.03. The van der Waals surface area contributed by atoms with Gasteiger partial charge < -0.3 is 38.7 Å². The Morgan fingerprint density at radius 3 is 2.16 bits per heavy atom. The second kappa shape index (κ2) is 10.6. The van der Waals surface area contributed by atoms with Crippen molar-refractivity contribution in [2.75, 3.05) is 21.3 Å². The average Bonchev–Trinajstić information content (AvgIpc) is 3.00. The van der Waals surface area contributed by atoms with Gasteiger partial charge in [0, 0.05) is 35.4 Å². The van der Waals surface area contributed by atoms with E-state index in [4.69, 9.17) is 23.4 Å². The van der Waals surface area contributed by atoms with Crippen molar-refractivity contribution in [1.29, 1.82) is 0 Å². The van der Waals surface area contributed by atoms with Gasteiger partial charge >= 0.3 is 0 Å². The summed E-state index contributed by atoms with van der Waals surface area (Å²) in [4.78, 5) is 26.3. The molecular formula is C33H26O10. The molecule has 2 heterocycles. The first-order chi connectivity index (χ1) is 20.7. The van der Waals surface area contributed by atoms with Crippen molar-refractivity contribution in [1.82, 2.24) is 0 Å². The molecule has 1 aliphatic rings. The molecule has 1 unspecified atom stereocenters. The number of phenols is 3. The first kappa shape index (κ1) is 27.5. The molecule has 10 nitrogen and oxygen atoms in total. The minimum absolute atomic E-state index is 0.0630. The van der Waals surface area contributed by atoms with Gasteiger partial charge in [0.2, 0.25) is 0 Å². The smallest absolute Gasteiger partial charge is 0.197 e. The SMILES string of the molecule is COc1ccc(-c2cc(=O)c3c(O)cc(O)c(-c4cc(C5CC(=O)c6c(O)cc(OC)cc6O5)ccc4OC)c3o2)cc1. The van der Waals surface area contributed by atoms with E-state index in [0.29, 0.717) is 33.9 Å². The quantitative estimate of drug-likeness (QED) is 0.219. The topological polar surface area (TPSA) is 145 Å². The van der Waals surface area contributed by atoms with E-state index >= 15 is 0 Å². The van der Waals surface area contributed by atoms with Crippen LogP contribution in [0.2, 0.25) is 0 Å². The Balaban J connectivity index is 1.52. The third kappa shape index (κ3) is 4.72. The molecule has 0 saturated carbocycles. The highest BCUT2D eigenvalue weighted by Crippen LogP contribution is 2.47.